The van der Waals surface area contributed by atoms with Crippen LogP contribution in [0.2, 0.25) is 0 Å². The fourth-order valence-electron chi connectivity index (χ4n) is 3.32. The summed E-state index contributed by atoms with van der Waals surface area (Å²) in [5, 5.41) is 3.42. The molecule has 1 aromatic heterocycles. The molecule has 2 N–H and O–H groups in total. The third-order valence-electron chi connectivity index (χ3n) is 4.91. The highest BCUT2D eigenvalue weighted by molar-refractivity contribution is 5.41. The Hall–Kier alpha value is -1.36. The number of rotatable bonds is 5. The lowest BCUT2D eigenvalue weighted by molar-refractivity contribution is 0.372. The molecule has 1 aliphatic heterocycles. The quantitative estimate of drug-likeness (QED) is 0.864. The molecule has 0 unspecified atom stereocenters. The molecule has 0 atom stereocenters. The van der Waals surface area contributed by atoms with Crippen molar-refractivity contribution in [2.45, 2.75) is 50.5 Å². The predicted octanol–water partition coefficient (Wildman–Crippen LogP) is 1.62. The zero-order valence-corrected chi connectivity index (χ0v) is 12.5. The molecule has 0 spiro atoms. The van der Waals surface area contributed by atoms with Gasteiger partial charge in [0.05, 0.1) is 0 Å². The Morgan fingerprint density at radius 3 is 2.57 bits per heavy atom. The van der Waals surface area contributed by atoms with E-state index in [0.717, 1.165) is 37.2 Å². The van der Waals surface area contributed by atoms with Gasteiger partial charge in [0.1, 0.15) is 11.6 Å². The molecule has 0 amide bonds. The summed E-state index contributed by atoms with van der Waals surface area (Å²) in [4.78, 5) is 22.1. The summed E-state index contributed by atoms with van der Waals surface area (Å²) in [5.41, 5.74) is 0.0119. The van der Waals surface area contributed by atoms with Crippen LogP contribution in [0.4, 0.5) is 5.82 Å². The summed E-state index contributed by atoms with van der Waals surface area (Å²) in [6, 6.07) is 2.31. The van der Waals surface area contributed by atoms with E-state index in [9.17, 15) is 4.79 Å². The summed E-state index contributed by atoms with van der Waals surface area (Å²) >= 11 is 0. The van der Waals surface area contributed by atoms with Crippen LogP contribution in [0, 0.1) is 5.92 Å². The Labute approximate surface area is 125 Å². The van der Waals surface area contributed by atoms with Crippen LogP contribution in [0.5, 0.6) is 0 Å². The van der Waals surface area contributed by atoms with E-state index in [-0.39, 0.29) is 5.56 Å². The second kappa shape index (κ2) is 5.44. The number of aromatic nitrogens is 2. The number of H-pyrrole nitrogens is 1. The van der Waals surface area contributed by atoms with Crippen molar-refractivity contribution < 1.29 is 0 Å². The zero-order chi connectivity index (χ0) is 14.2. The second-order valence-corrected chi connectivity index (χ2v) is 6.84. The maximum atomic E-state index is 12.0. The maximum Gasteiger partial charge on any atom is 0.252 e. The fraction of sp³-hybridized carbons (Fsp3) is 0.750. The number of aromatic amines is 1. The first-order chi connectivity index (χ1) is 10.3. The van der Waals surface area contributed by atoms with Crippen molar-refractivity contribution in [1.82, 2.24) is 15.3 Å². The van der Waals surface area contributed by atoms with E-state index in [4.69, 9.17) is 4.98 Å². The van der Waals surface area contributed by atoms with Gasteiger partial charge in [-0.3, -0.25) is 4.79 Å². The van der Waals surface area contributed by atoms with Crippen molar-refractivity contribution >= 4 is 5.82 Å². The van der Waals surface area contributed by atoms with Crippen molar-refractivity contribution in [3.05, 3.63) is 22.2 Å². The van der Waals surface area contributed by atoms with Crippen LogP contribution in [0.25, 0.3) is 0 Å². The van der Waals surface area contributed by atoms with Gasteiger partial charge in [-0.05, 0) is 57.5 Å². The summed E-state index contributed by atoms with van der Waals surface area (Å²) < 4.78 is 0. The third-order valence-corrected chi connectivity index (χ3v) is 4.91. The predicted molar refractivity (Wildman–Crippen MR) is 82.8 cm³/mol. The smallest absolute Gasteiger partial charge is 0.252 e. The molecule has 114 valence electrons. The first-order valence-electron chi connectivity index (χ1n) is 8.38. The van der Waals surface area contributed by atoms with E-state index in [0.29, 0.717) is 12.0 Å². The molecule has 1 aromatic rings. The summed E-state index contributed by atoms with van der Waals surface area (Å²) in [5.74, 6) is 3.06. The lowest BCUT2D eigenvalue weighted by atomic mass is 9.97. The Morgan fingerprint density at radius 1 is 1.14 bits per heavy atom. The van der Waals surface area contributed by atoms with Crippen molar-refractivity contribution in [2.24, 2.45) is 5.92 Å². The summed E-state index contributed by atoms with van der Waals surface area (Å²) in [7, 11) is 0. The Bertz CT molecular complexity index is 556. The topological polar surface area (TPSA) is 61.0 Å². The van der Waals surface area contributed by atoms with Crippen molar-refractivity contribution in [3.63, 3.8) is 0 Å². The number of piperidine rings is 1. The molecule has 5 nitrogen and oxygen atoms in total. The normalized spacial score (nSPS) is 23.2. The first-order valence-corrected chi connectivity index (χ1v) is 8.38. The molecule has 21 heavy (non-hydrogen) atoms. The van der Waals surface area contributed by atoms with Crippen LogP contribution in [-0.4, -0.2) is 35.6 Å². The molecule has 2 aliphatic carbocycles. The zero-order valence-electron chi connectivity index (χ0n) is 12.5. The van der Waals surface area contributed by atoms with Gasteiger partial charge in [-0.1, -0.05) is 0 Å². The molecule has 4 rings (SSSR count). The molecule has 3 fully saturated rings. The lowest BCUT2D eigenvalue weighted by Crippen LogP contribution is -2.38. The molecule has 2 saturated carbocycles. The molecule has 3 aliphatic rings. The SMILES string of the molecule is O=c1cc(N(CC2CCNCC2)C2CC2)nc(C2CC2)[nH]1. The van der Waals surface area contributed by atoms with Crippen LogP contribution < -0.4 is 15.8 Å². The van der Waals surface area contributed by atoms with Gasteiger partial charge in [0, 0.05) is 24.6 Å². The van der Waals surface area contributed by atoms with E-state index < -0.39 is 0 Å². The molecule has 0 bridgehead atoms. The minimum atomic E-state index is 0.0119. The van der Waals surface area contributed by atoms with Crippen LogP contribution in [0.3, 0.4) is 0 Å². The average Bonchev–Trinajstić information content (AvgIpc) is 3.39. The van der Waals surface area contributed by atoms with Crippen LogP contribution in [-0.2, 0) is 0 Å². The van der Waals surface area contributed by atoms with E-state index in [2.05, 4.69) is 15.2 Å². The Kier molecular flexibility index (Phi) is 3.45. The van der Waals surface area contributed by atoms with Crippen LogP contribution >= 0.6 is 0 Å². The number of nitrogens with zero attached hydrogens (tertiary/aromatic N) is 2. The van der Waals surface area contributed by atoms with Gasteiger partial charge >= 0.3 is 0 Å². The van der Waals surface area contributed by atoms with Crippen molar-refractivity contribution in [1.29, 1.82) is 0 Å². The van der Waals surface area contributed by atoms with Gasteiger partial charge in [-0.25, -0.2) is 4.98 Å². The standard InChI is InChI=1S/C16H24N4O/c21-15-9-14(18-16(19-15)12-1-2-12)20(13-3-4-13)10-11-5-7-17-8-6-11/h9,11-13,17H,1-8,10H2,(H,18,19,21). The van der Waals surface area contributed by atoms with Gasteiger partial charge < -0.3 is 15.2 Å². The van der Waals surface area contributed by atoms with E-state index in [1.807, 2.05) is 0 Å². The van der Waals surface area contributed by atoms with Crippen molar-refractivity contribution in [3.8, 4) is 0 Å². The lowest BCUT2D eigenvalue weighted by Gasteiger charge is -2.31. The largest absolute Gasteiger partial charge is 0.353 e. The molecule has 5 heteroatoms. The molecule has 0 aromatic carbocycles. The summed E-state index contributed by atoms with van der Waals surface area (Å²) in [6.45, 7) is 3.31. The molecular formula is C16H24N4O. The van der Waals surface area contributed by atoms with E-state index >= 15 is 0 Å². The monoisotopic (exact) mass is 288 g/mol. The van der Waals surface area contributed by atoms with E-state index in [1.54, 1.807) is 6.07 Å². The van der Waals surface area contributed by atoms with Gasteiger partial charge in [-0.15, -0.1) is 0 Å². The highest BCUT2D eigenvalue weighted by atomic mass is 16.1. The number of anilines is 1. The molecular weight excluding hydrogens is 264 g/mol. The first kappa shape index (κ1) is 13.3. The van der Waals surface area contributed by atoms with Crippen LogP contribution in [0.15, 0.2) is 10.9 Å². The average molecular weight is 288 g/mol. The van der Waals surface area contributed by atoms with Crippen LogP contribution in [0.1, 0.15) is 50.3 Å². The van der Waals surface area contributed by atoms with Gasteiger partial charge in [0.2, 0.25) is 0 Å². The van der Waals surface area contributed by atoms with E-state index in [1.165, 1.54) is 38.5 Å². The highest BCUT2D eigenvalue weighted by Gasteiger charge is 2.33. The Morgan fingerprint density at radius 2 is 1.90 bits per heavy atom. The number of hydrogen-bond acceptors (Lipinski definition) is 4. The number of nitrogens with one attached hydrogen (secondary N) is 2. The minimum absolute atomic E-state index is 0.0119. The fourth-order valence-corrected chi connectivity index (χ4v) is 3.32. The van der Waals surface area contributed by atoms with Crippen molar-refractivity contribution in [2.75, 3.05) is 24.5 Å². The molecule has 2 heterocycles. The van der Waals surface area contributed by atoms with Gasteiger partial charge in [0.25, 0.3) is 5.56 Å². The third kappa shape index (κ3) is 3.12. The maximum absolute atomic E-state index is 12.0. The van der Waals surface area contributed by atoms with Gasteiger partial charge in [-0.2, -0.15) is 0 Å². The molecule has 1 saturated heterocycles. The second-order valence-electron chi connectivity index (χ2n) is 6.84. The minimum Gasteiger partial charge on any atom is -0.353 e. The molecule has 0 radical (unpaired) electrons. The highest BCUT2D eigenvalue weighted by Crippen LogP contribution is 2.39. The Balaban J connectivity index is 1.56. The number of hydrogen-bond donors (Lipinski definition) is 2. The summed E-state index contributed by atoms with van der Waals surface area (Å²) in [6.07, 6.45) is 7.31. The van der Waals surface area contributed by atoms with Gasteiger partial charge in [0.15, 0.2) is 0 Å².